The maximum Gasteiger partial charge on any atom is 0.249 e. The van der Waals surface area contributed by atoms with E-state index in [9.17, 15) is 4.79 Å². The Kier molecular flexibility index (Phi) is 3.44. The Morgan fingerprint density at radius 3 is 1.67 bits per heavy atom. The Morgan fingerprint density at radius 1 is 0.944 bits per heavy atom. The number of hydrogen-bond donors (Lipinski definition) is 2. The van der Waals surface area contributed by atoms with Gasteiger partial charge in [-0.1, -0.05) is 60.7 Å². The summed E-state index contributed by atoms with van der Waals surface area (Å²) < 4.78 is 0. The molecule has 2 aromatic rings. The predicted octanol–water partition coefficient (Wildman–Crippen LogP) is 1.63. The summed E-state index contributed by atoms with van der Waals surface area (Å²) in [5, 5.41) is 2.64. The van der Waals surface area contributed by atoms with Crippen molar-refractivity contribution in [2.75, 3.05) is 7.05 Å². The number of rotatable bonds is 3. The van der Waals surface area contributed by atoms with Gasteiger partial charge in [0.2, 0.25) is 5.91 Å². The van der Waals surface area contributed by atoms with Crippen molar-refractivity contribution in [3.05, 3.63) is 71.8 Å². The monoisotopic (exact) mass is 240 g/mol. The van der Waals surface area contributed by atoms with E-state index < -0.39 is 5.54 Å². The minimum atomic E-state index is -1.16. The van der Waals surface area contributed by atoms with Gasteiger partial charge in [0, 0.05) is 7.05 Å². The zero-order valence-electron chi connectivity index (χ0n) is 10.3. The van der Waals surface area contributed by atoms with Gasteiger partial charge in [0.1, 0.15) is 5.54 Å². The van der Waals surface area contributed by atoms with Crippen LogP contribution in [0.5, 0.6) is 0 Å². The van der Waals surface area contributed by atoms with Gasteiger partial charge in [0.15, 0.2) is 0 Å². The summed E-state index contributed by atoms with van der Waals surface area (Å²) >= 11 is 0. The predicted molar refractivity (Wildman–Crippen MR) is 71.9 cm³/mol. The zero-order chi connectivity index (χ0) is 13.0. The Morgan fingerprint density at radius 2 is 1.33 bits per heavy atom. The minimum Gasteiger partial charge on any atom is -0.357 e. The Labute approximate surface area is 107 Å². The lowest BCUT2D eigenvalue weighted by Crippen LogP contribution is -2.51. The molecule has 0 atom stereocenters. The summed E-state index contributed by atoms with van der Waals surface area (Å²) in [6.07, 6.45) is 0. The molecule has 1 amide bonds. The molecule has 3 heteroatoms. The molecule has 0 unspecified atom stereocenters. The molecule has 0 fully saturated rings. The second-order valence-electron chi connectivity index (χ2n) is 4.12. The number of likely N-dealkylation sites (N-methyl/N-ethyl adjacent to an activating group) is 1. The van der Waals surface area contributed by atoms with Gasteiger partial charge in [-0.3, -0.25) is 4.79 Å². The van der Waals surface area contributed by atoms with E-state index in [0.29, 0.717) is 0 Å². The summed E-state index contributed by atoms with van der Waals surface area (Å²) in [6.45, 7) is 0. The van der Waals surface area contributed by atoms with Gasteiger partial charge >= 0.3 is 0 Å². The molecule has 0 saturated heterocycles. The van der Waals surface area contributed by atoms with Crippen molar-refractivity contribution in [1.29, 1.82) is 0 Å². The third-order valence-electron chi connectivity index (χ3n) is 3.04. The van der Waals surface area contributed by atoms with Crippen LogP contribution in [-0.2, 0) is 10.3 Å². The maximum absolute atomic E-state index is 12.2. The van der Waals surface area contributed by atoms with Crippen LogP contribution >= 0.6 is 0 Å². The summed E-state index contributed by atoms with van der Waals surface area (Å²) in [4.78, 5) is 12.2. The standard InChI is InChI=1S/C15H16N2O/c1-17-14(18)15(16,12-8-4-2-5-9-12)13-10-6-3-7-11-13/h2-11H,16H2,1H3,(H,17,18). The molecule has 0 aliphatic rings. The first-order valence-electron chi connectivity index (χ1n) is 5.81. The van der Waals surface area contributed by atoms with Crippen LogP contribution in [0.1, 0.15) is 11.1 Å². The van der Waals surface area contributed by atoms with Gasteiger partial charge < -0.3 is 11.1 Å². The molecule has 0 spiro atoms. The molecule has 2 aromatic carbocycles. The van der Waals surface area contributed by atoms with Gasteiger partial charge in [-0.15, -0.1) is 0 Å². The van der Waals surface area contributed by atoms with E-state index in [-0.39, 0.29) is 5.91 Å². The molecule has 0 radical (unpaired) electrons. The number of carbonyl (C=O) groups excluding carboxylic acids is 1. The van der Waals surface area contributed by atoms with Gasteiger partial charge in [-0.05, 0) is 11.1 Å². The molecule has 92 valence electrons. The number of carbonyl (C=O) groups is 1. The first kappa shape index (κ1) is 12.3. The molecule has 0 heterocycles. The van der Waals surface area contributed by atoms with Crippen molar-refractivity contribution in [3.63, 3.8) is 0 Å². The zero-order valence-corrected chi connectivity index (χ0v) is 10.3. The van der Waals surface area contributed by atoms with Crippen LogP contribution in [0.2, 0.25) is 0 Å². The number of nitrogens with one attached hydrogen (secondary N) is 1. The number of amides is 1. The van der Waals surface area contributed by atoms with Crippen LogP contribution in [0.4, 0.5) is 0 Å². The second kappa shape index (κ2) is 5.02. The van der Waals surface area contributed by atoms with Crippen molar-refractivity contribution in [1.82, 2.24) is 5.32 Å². The van der Waals surface area contributed by atoms with E-state index in [1.165, 1.54) is 0 Å². The molecule has 0 aliphatic carbocycles. The highest BCUT2D eigenvalue weighted by molar-refractivity contribution is 5.91. The normalized spacial score (nSPS) is 11.0. The lowest BCUT2D eigenvalue weighted by atomic mass is 9.83. The minimum absolute atomic E-state index is 0.222. The molecule has 18 heavy (non-hydrogen) atoms. The molecule has 0 aromatic heterocycles. The molecule has 2 rings (SSSR count). The highest BCUT2D eigenvalue weighted by Gasteiger charge is 2.36. The molecule has 3 N–H and O–H groups in total. The van der Waals surface area contributed by atoms with Crippen LogP contribution in [0, 0.1) is 0 Å². The van der Waals surface area contributed by atoms with Crippen LogP contribution in [0.25, 0.3) is 0 Å². The van der Waals surface area contributed by atoms with Gasteiger partial charge in [-0.2, -0.15) is 0 Å². The van der Waals surface area contributed by atoms with Gasteiger partial charge in [0.05, 0.1) is 0 Å². The van der Waals surface area contributed by atoms with Crippen molar-refractivity contribution >= 4 is 5.91 Å². The van der Waals surface area contributed by atoms with Crippen LogP contribution < -0.4 is 11.1 Å². The average Bonchev–Trinajstić information content (AvgIpc) is 2.47. The third kappa shape index (κ3) is 2.00. The van der Waals surface area contributed by atoms with Crippen LogP contribution in [0.15, 0.2) is 60.7 Å². The largest absolute Gasteiger partial charge is 0.357 e. The van der Waals surface area contributed by atoms with Gasteiger partial charge in [-0.25, -0.2) is 0 Å². The number of hydrogen-bond acceptors (Lipinski definition) is 2. The lowest BCUT2D eigenvalue weighted by molar-refractivity contribution is -0.124. The van der Waals surface area contributed by atoms with Crippen molar-refractivity contribution in [2.24, 2.45) is 5.73 Å². The fourth-order valence-corrected chi connectivity index (χ4v) is 2.03. The van der Waals surface area contributed by atoms with E-state index in [4.69, 9.17) is 5.73 Å². The Bertz CT molecular complexity index is 483. The molecule has 0 aliphatic heterocycles. The quantitative estimate of drug-likeness (QED) is 0.856. The van der Waals surface area contributed by atoms with Crippen LogP contribution in [0.3, 0.4) is 0 Å². The molecular formula is C15H16N2O. The molecule has 0 saturated carbocycles. The fraction of sp³-hybridized carbons (Fsp3) is 0.133. The van der Waals surface area contributed by atoms with Crippen molar-refractivity contribution in [3.8, 4) is 0 Å². The second-order valence-corrected chi connectivity index (χ2v) is 4.12. The summed E-state index contributed by atoms with van der Waals surface area (Å²) in [7, 11) is 1.59. The van der Waals surface area contributed by atoms with E-state index in [2.05, 4.69) is 5.32 Å². The van der Waals surface area contributed by atoms with E-state index in [1.54, 1.807) is 7.05 Å². The molecule has 3 nitrogen and oxygen atoms in total. The van der Waals surface area contributed by atoms with E-state index in [1.807, 2.05) is 60.7 Å². The SMILES string of the molecule is CNC(=O)C(N)(c1ccccc1)c1ccccc1. The van der Waals surface area contributed by atoms with E-state index in [0.717, 1.165) is 11.1 Å². The summed E-state index contributed by atoms with van der Waals surface area (Å²) in [5.74, 6) is -0.222. The highest BCUT2D eigenvalue weighted by atomic mass is 16.2. The number of nitrogens with two attached hydrogens (primary N) is 1. The topological polar surface area (TPSA) is 55.1 Å². The Hall–Kier alpha value is -2.13. The first-order valence-corrected chi connectivity index (χ1v) is 5.81. The number of benzene rings is 2. The van der Waals surface area contributed by atoms with Crippen molar-refractivity contribution in [2.45, 2.75) is 5.54 Å². The van der Waals surface area contributed by atoms with Crippen molar-refractivity contribution < 1.29 is 4.79 Å². The molecular weight excluding hydrogens is 224 g/mol. The smallest absolute Gasteiger partial charge is 0.249 e. The highest BCUT2D eigenvalue weighted by Crippen LogP contribution is 2.26. The fourth-order valence-electron chi connectivity index (χ4n) is 2.03. The average molecular weight is 240 g/mol. The van der Waals surface area contributed by atoms with E-state index >= 15 is 0 Å². The first-order chi connectivity index (χ1) is 8.69. The van der Waals surface area contributed by atoms with Gasteiger partial charge in [0.25, 0.3) is 0 Å². The maximum atomic E-state index is 12.2. The Balaban J connectivity index is 2.59. The third-order valence-corrected chi connectivity index (χ3v) is 3.04. The molecule has 0 bridgehead atoms. The van der Waals surface area contributed by atoms with Crippen LogP contribution in [-0.4, -0.2) is 13.0 Å². The summed E-state index contributed by atoms with van der Waals surface area (Å²) in [5.41, 5.74) is 6.77. The lowest BCUT2D eigenvalue weighted by Gasteiger charge is -2.28. The summed E-state index contributed by atoms with van der Waals surface area (Å²) in [6, 6.07) is 18.8.